The van der Waals surface area contributed by atoms with Crippen LogP contribution in [0.3, 0.4) is 0 Å². The predicted molar refractivity (Wildman–Crippen MR) is 85.9 cm³/mol. The van der Waals surface area contributed by atoms with Gasteiger partial charge in [0.05, 0.1) is 12.2 Å². The van der Waals surface area contributed by atoms with Crippen LogP contribution in [0.1, 0.15) is 58.3 Å². The van der Waals surface area contributed by atoms with Crippen molar-refractivity contribution in [1.29, 1.82) is 0 Å². The minimum Gasteiger partial charge on any atom is -0.393 e. The monoisotopic (exact) mass is 288 g/mol. The maximum atomic E-state index is 10.2. The fourth-order valence-electron chi connectivity index (χ4n) is 4.71. The van der Waals surface area contributed by atoms with Crippen molar-refractivity contribution in [2.75, 3.05) is 0 Å². The molecule has 0 saturated heterocycles. The molecule has 3 aliphatic rings. The van der Waals surface area contributed by atoms with Crippen LogP contribution in [0.2, 0.25) is 0 Å². The summed E-state index contributed by atoms with van der Waals surface area (Å²) in [4.78, 5) is 0. The van der Waals surface area contributed by atoms with Gasteiger partial charge in [-0.3, -0.25) is 0 Å². The molecule has 2 nitrogen and oxygen atoms in total. The molecule has 3 fully saturated rings. The Morgan fingerprint density at radius 3 is 2.76 bits per heavy atom. The van der Waals surface area contributed by atoms with Crippen molar-refractivity contribution in [3.05, 3.63) is 35.5 Å². The van der Waals surface area contributed by atoms with Crippen LogP contribution in [-0.2, 0) is 0 Å². The van der Waals surface area contributed by atoms with Gasteiger partial charge in [0.15, 0.2) is 0 Å². The van der Waals surface area contributed by atoms with Crippen LogP contribution in [0.15, 0.2) is 35.5 Å². The molecule has 116 valence electrons. The Labute approximate surface area is 128 Å². The fourth-order valence-corrected chi connectivity index (χ4v) is 4.71. The zero-order valence-electron chi connectivity index (χ0n) is 13.1. The van der Waals surface area contributed by atoms with Crippen molar-refractivity contribution in [1.82, 2.24) is 0 Å². The maximum Gasteiger partial charge on any atom is 0.0583 e. The lowest BCUT2D eigenvalue weighted by atomic mass is 9.66. The molecule has 0 aromatic heterocycles. The van der Waals surface area contributed by atoms with Crippen LogP contribution in [0.5, 0.6) is 0 Å². The second-order valence-corrected chi connectivity index (χ2v) is 7.59. The van der Waals surface area contributed by atoms with E-state index in [-0.39, 0.29) is 12.2 Å². The van der Waals surface area contributed by atoms with Crippen LogP contribution in [0, 0.1) is 11.3 Å². The number of fused-ring (bicyclic) bond motifs is 1. The summed E-state index contributed by atoms with van der Waals surface area (Å²) in [7, 11) is 0. The van der Waals surface area contributed by atoms with Crippen molar-refractivity contribution in [3.63, 3.8) is 0 Å². The maximum absolute atomic E-state index is 10.2. The zero-order valence-corrected chi connectivity index (χ0v) is 13.1. The Bertz CT molecular complexity index is 488. The smallest absolute Gasteiger partial charge is 0.0583 e. The SMILES string of the molecule is C=C1CC[C@@H](O)CC1=CC=C1C[C@@H](O)C[C@]2(C)CCC[C@@H]12. The Kier molecular flexibility index (Phi) is 4.11. The lowest BCUT2D eigenvalue weighted by molar-refractivity contribution is 0.0605. The molecular formula is C19H28O2. The molecule has 21 heavy (non-hydrogen) atoms. The molecule has 3 rings (SSSR count). The number of allylic oxidation sites excluding steroid dienone is 3. The highest BCUT2D eigenvalue weighted by Crippen LogP contribution is 2.54. The van der Waals surface area contributed by atoms with Crippen LogP contribution >= 0.6 is 0 Å². The molecule has 0 spiro atoms. The van der Waals surface area contributed by atoms with Gasteiger partial charge in [0.1, 0.15) is 0 Å². The average molecular weight is 288 g/mol. The number of hydrogen-bond donors (Lipinski definition) is 2. The molecule has 2 N–H and O–H groups in total. The van der Waals surface area contributed by atoms with E-state index in [1.54, 1.807) is 0 Å². The molecule has 4 atom stereocenters. The van der Waals surface area contributed by atoms with Crippen LogP contribution < -0.4 is 0 Å². The summed E-state index contributed by atoms with van der Waals surface area (Å²) >= 11 is 0. The lowest BCUT2D eigenvalue weighted by Crippen LogP contribution is -2.34. The van der Waals surface area contributed by atoms with E-state index in [0.717, 1.165) is 32.1 Å². The standard InChI is InChI=1S/C19H28O2/c1-13-5-8-16(20)10-14(13)6-7-15-11-17(21)12-19(2)9-3-4-18(15)19/h6-7,16-18,20-21H,1,3-5,8-12H2,2H3/t16-,17-,18+,19+/m1/s1. The van der Waals surface area contributed by atoms with Gasteiger partial charge < -0.3 is 10.2 Å². The molecule has 0 radical (unpaired) electrons. The second kappa shape index (κ2) is 5.73. The first kappa shape index (κ1) is 15.1. The highest BCUT2D eigenvalue weighted by molar-refractivity contribution is 5.36. The molecule has 0 unspecified atom stereocenters. The van der Waals surface area contributed by atoms with Gasteiger partial charge in [0.2, 0.25) is 0 Å². The highest BCUT2D eigenvalue weighted by Gasteiger charge is 2.45. The van der Waals surface area contributed by atoms with Gasteiger partial charge in [-0.1, -0.05) is 43.2 Å². The Balaban J connectivity index is 1.82. The Hall–Kier alpha value is -0.860. The predicted octanol–water partition coefficient (Wildman–Crippen LogP) is 3.90. The molecule has 0 amide bonds. The first-order chi connectivity index (χ1) is 9.98. The van der Waals surface area contributed by atoms with E-state index >= 15 is 0 Å². The van der Waals surface area contributed by atoms with Crippen molar-refractivity contribution in [2.24, 2.45) is 11.3 Å². The molecule has 3 saturated carbocycles. The summed E-state index contributed by atoms with van der Waals surface area (Å²) in [5.74, 6) is 0.638. The van der Waals surface area contributed by atoms with Crippen molar-refractivity contribution >= 4 is 0 Å². The summed E-state index contributed by atoms with van der Waals surface area (Å²) in [6.45, 7) is 6.48. The van der Waals surface area contributed by atoms with E-state index < -0.39 is 0 Å². The van der Waals surface area contributed by atoms with E-state index in [0.29, 0.717) is 11.3 Å². The van der Waals surface area contributed by atoms with E-state index in [1.807, 2.05) is 0 Å². The number of aliphatic hydroxyl groups is 2. The third-order valence-electron chi connectivity index (χ3n) is 5.89. The molecule has 2 heteroatoms. The van der Waals surface area contributed by atoms with E-state index in [1.165, 1.54) is 36.0 Å². The number of aliphatic hydroxyl groups excluding tert-OH is 2. The van der Waals surface area contributed by atoms with Crippen molar-refractivity contribution in [2.45, 2.75) is 70.5 Å². The van der Waals surface area contributed by atoms with Gasteiger partial charge in [-0.15, -0.1) is 0 Å². The Morgan fingerprint density at radius 2 is 1.95 bits per heavy atom. The average Bonchev–Trinajstić information content (AvgIpc) is 2.80. The van der Waals surface area contributed by atoms with E-state index in [2.05, 4.69) is 25.7 Å². The lowest BCUT2D eigenvalue weighted by Gasteiger charge is -2.40. The van der Waals surface area contributed by atoms with Gasteiger partial charge in [-0.2, -0.15) is 0 Å². The van der Waals surface area contributed by atoms with Gasteiger partial charge in [0, 0.05) is 0 Å². The highest BCUT2D eigenvalue weighted by atomic mass is 16.3. The molecule has 0 bridgehead atoms. The topological polar surface area (TPSA) is 40.5 Å². The largest absolute Gasteiger partial charge is 0.393 e. The molecular weight excluding hydrogens is 260 g/mol. The van der Waals surface area contributed by atoms with E-state index in [9.17, 15) is 10.2 Å². The van der Waals surface area contributed by atoms with E-state index in [4.69, 9.17) is 0 Å². The molecule has 0 aliphatic heterocycles. The van der Waals surface area contributed by atoms with Crippen molar-refractivity contribution < 1.29 is 10.2 Å². The molecule has 3 aliphatic carbocycles. The Morgan fingerprint density at radius 1 is 1.14 bits per heavy atom. The second-order valence-electron chi connectivity index (χ2n) is 7.59. The van der Waals surface area contributed by atoms with Gasteiger partial charge in [-0.05, 0) is 61.9 Å². The summed E-state index contributed by atoms with van der Waals surface area (Å²) in [5, 5.41) is 20.0. The first-order valence-electron chi connectivity index (χ1n) is 8.42. The normalized spacial score (nSPS) is 44.3. The van der Waals surface area contributed by atoms with Crippen LogP contribution in [0.4, 0.5) is 0 Å². The van der Waals surface area contributed by atoms with Crippen LogP contribution in [0.25, 0.3) is 0 Å². The van der Waals surface area contributed by atoms with Gasteiger partial charge >= 0.3 is 0 Å². The quantitative estimate of drug-likeness (QED) is 0.768. The summed E-state index contributed by atoms with van der Waals surface area (Å²) in [5.41, 5.74) is 4.07. The third kappa shape index (κ3) is 3.02. The van der Waals surface area contributed by atoms with Crippen LogP contribution in [-0.4, -0.2) is 22.4 Å². The molecule has 0 aromatic rings. The number of hydrogen-bond acceptors (Lipinski definition) is 2. The minimum absolute atomic E-state index is 0.186. The summed E-state index contributed by atoms with van der Waals surface area (Å²) in [6.07, 6.45) is 12.0. The summed E-state index contributed by atoms with van der Waals surface area (Å²) < 4.78 is 0. The third-order valence-corrected chi connectivity index (χ3v) is 5.89. The number of rotatable bonds is 1. The zero-order chi connectivity index (χ0) is 15.0. The summed E-state index contributed by atoms with van der Waals surface area (Å²) in [6, 6.07) is 0. The first-order valence-corrected chi connectivity index (χ1v) is 8.42. The van der Waals surface area contributed by atoms with Gasteiger partial charge in [-0.25, -0.2) is 0 Å². The van der Waals surface area contributed by atoms with Gasteiger partial charge in [0.25, 0.3) is 0 Å². The molecule has 0 aromatic carbocycles. The van der Waals surface area contributed by atoms with Crippen molar-refractivity contribution in [3.8, 4) is 0 Å². The minimum atomic E-state index is -0.214. The molecule has 0 heterocycles. The fraction of sp³-hybridized carbons (Fsp3) is 0.684.